The van der Waals surface area contributed by atoms with Gasteiger partial charge in [0.1, 0.15) is 0 Å². The molecule has 0 saturated carbocycles. The van der Waals surface area contributed by atoms with Gasteiger partial charge in [0.15, 0.2) is 0 Å². The smallest absolute Gasteiger partial charge is 0.268 e. The minimum Gasteiger partial charge on any atom is -0.330 e. The van der Waals surface area contributed by atoms with Gasteiger partial charge in [0.05, 0.1) is 21.6 Å². The summed E-state index contributed by atoms with van der Waals surface area (Å²) in [6.07, 6.45) is 4.48. The number of aryl methyl sites for hydroxylation is 1. The number of hydrogen-bond donors (Lipinski definition) is 1. The number of rotatable bonds is 5. The average Bonchev–Trinajstić information content (AvgIpc) is 3.39. The molecule has 2 N–H and O–H groups in total. The molecule has 2 heterocycles. The highest BCUT2D eigenvalue weighted by atomic mass is 32.2. The van der Waals surface area contributed by atoms with Gasteiger partial charge in [-0.1, -0.05) is 35.9 Å². The zero-order valence-corrected chi connectivity index (χ0v) is 18.0. The van der Waals surface area contributed by atoms with Crippen molar-refractivity contribution in [2.75, 3.05) is 6.54 Å². The molecule has 0 aliphatic carbocycles. The van der Waals surface area contributed by atoms with E-state index in [9.17, 15) is 8.42 Å². The lowest BCUT2D eigenvalue weighted by Gasteiger charge is -2.11. The quantitative estimate of drug-likeness (QED) is 0.443. The van der Waals surface area contributed by atoms with Crippen LogP contribution in [0.25, 0.3) is 27.5 Å². The molecule has 0 aliphatic heterocycles. The molecule has 6 heteroatoms. The molecule has 0 amide bonds. The number of aromatic nitrogens is 2. The molecular formula is C25H23N3O2S. The summed E-state index contributed by atoms with van der Waals surface area (Å²) >= 11 is 0. The molecule has 156 valence electrons. The predicted molar refractivity (Wildman–Crippen MR) is 125 cm³/mol. The van der Waals surface area contributed by atoms with Gasteiger partial charge in [-0.2, -0.15) is 0 Å². The van der Waals surface area contributed by atoms with Crippen LogP contribution >= 0.6 is 0 Å². The molecule has 2 aromatic heterocycles. The molecule has 0 unspecified atom stereocenters. The van der Waals surface area contributed by atoms with E-state index in [1.54, 1.807) is 18.3 Å². The zero-order chi connectivity index (χ0) is 21.6. The van der Waals surface area contributed by atoms with Crippen LogP contribution in [0.5, 0.6) is 0 Å². The second kappa shape index (κ2) is 7.41. The van der Waals surface area contributed by atoms with Crippen molar-refractivity contribution in [3.63, 3.8) is 0 Å². The first kappa shape index (κ1) is 19.6. The summed E-state index contributed by atoms with van der Waals surface area (Å²) in [5.74, 6) is 0. The third-order valence-corrected chi connectivity index (χ3v) is 7.45. The third-order valence-electron chi connectivity index (χ3n) is 5.75. The van der Waals surface area contributed by atoms with E-state index in [0.29, 0.717) is 12.1 Å². The van der Waals surface area contributed by atoms with Crippen LogP contribution in [-0.2, 0) is 16.4 Å². The molecule has 5 aromatic rings. The number of benzene rings is 3. The van der Waals surface area contributed by atoms with Crippen molar-refractivity contribution < 1.29 is 8.42 Å². The summed E-state index contributed by atoms with van der Waals surface area (Å²) in [5.41, 5.74) is 10.7. The Kier molecular flexibility index (Phi) is 4.68. The highest BCUT2D eigenvalue weighted by Crippen LogP contribution is 2.30. The van der Waals surface area contributed by atoms with E-state index < -0.39 is 10.0 Å². The lowest BCUT2D eigenvalue weighted by molar-refractivity contribution is 0.589. The summed E-state index contributed by atoms with van der Waals surface area (Å²) in [6, 6.07) is 22.9. The lowest BCUT2D eigenvalue weighted by atomic mass is 10.1. The summed E-state index contributed by atoms with van der Waals surface area (Å²) < 4.78 is 30.1. The van der Waals surface area contributed by atoms with Crippen molar-refractivity contribution in [3.05, 3.63) is 96.3 Å². The Morgan fingerprint density at radius 2 is 1.52 bits per heavy atom. The van der Waals surface area contributed by atoms with Crippen LogP contribution in [0.1, 0.15) is 11.1 Å². The van der Waals surface area contributed by atoms with E-state index >= 15 is 0 Å². The second-order valence-electron chi connectivity index (χ2n) is 7.71. The Morgan fingerprint density at radius 3 is 2.29 bits per heavy atom. The molecule has 0 radical (unpaired) electrons. The van der Waals surface area contributed by atoms with Gasteiger partial charge in [-0.15, -0.1) is 0 Å². The van der Waals surface area contributed by atoms with Crippen LogP contribution < -0.4 is 5.73 Å². The first-order valence-electron chi connectivity index (χ1n) is 10.2. The van der Waals surface area contributed by atoms with E-state index in [-0.39, 0.29) is 4.90 Å². The molecule has 0 atom stereocenters. The lowest BCUT2D eigenvalue weighted by Crippen LogP contribution is -2.11. The predicted octanol–water partition coefficient (Wildman–Crippen LogP) is 4.63. The van der Waals surface area contributed by atoms with E-state index in [0.717, 1.165) is 34.0 Å². The standard InChI is InChI=1S/C25H23N3O2S/c1-18-8-10-20(11-9-18)31(29,30)28-17-14-22-24(6-3-7-25(22)28)27-16-13-21-19(12-15-26)4-2-5-23(21)27/h2-11,13-14,16-17H,12,15,26H2,1H3. The molecule has 0 fully saturated rings. The summed E-state index contributed by atoms with van der Waals surface area (Å²) in [5, 5.41) is 2.04. The van der Waals surface area contributed by atoms with Crippen LogP contribution in [0.3, 0.4) is 0 Å². The van der Waals surface area contributed by atoms with E-state index in [1.165, 1.54) is 9.54 Å². The molecule has 3 aromatic carbocycles. The van der Waals surface area contributed by atoms with Gasteiger partial charge in [-0.25, -0.2) is 12.4 Å². The van der Waals surface area contributed by atoms with Crippen LogP contribution in [0.2, 0.25) is 0 Å². The molecule has 0 spiro atoms. The fraction of sp³-hybridized carbons (Fsp3) is 0.120. The summed E-state index contributed by atoms with van der Waals surface area (Å²) in [6.45, 7) is 2.54. The van der Waals surface area contributed by atoms with Crippen LogP contribution in [-0.4, -0.2) is 23.5 Å². The van der Waals surface area contributed by atoms with Gasteiger partial charge in [-0.3, -0.25) is 0 Å². The van der Waals surface area contributed by atoms with Crippen molar-refractivity contribution in [1.29, 1.82) is 0 Å². The SMILES string of the molecule is Cc1ccc(S(=O)(=O)n2ccc3c(-n4ccc5c(CCN)cccc54)cccc32)cc1. The Morgan fingerprint density at radius 1 is 0.806 bits per heavy atom. The molecule has 0 saturated heterocycles. The minimum absolute atomic E-state index is 0.277. The van der Waals surface area contributed by atoms with Gasteiger partial charge < -0.3 is 10.3 Å². The fourth-order valence-electron chi connectivity index (χ4n) is 4.19. The Balaban J connectivity index is 1.69. The van der Waals surface area contributed by atoms with E-state index in [2.05, 4.69) is 22.8 Å². The largest absolute Gasteiger partial charge is 0.330 e. The normalized spacial score (nSPS) is 12.1. The van der Waals surface area contributed by atoms with Crippen LogP contribution in [0.4, 0.5) is 0 Å². The Hall–Kier alpha value is -3.35. The van der Waals surface area contributed by atoms with E-state index in [4.69, 9.17) is 5.73 Å². The topological polar surface area (TPSA) is 70.0 Å². The number of fused-ring (bicyclic) bond motifs is 2. The minimum atomic E-state index is -3.69. The Bertz CT molecular complexity index is 1510. The number of hydrogen-bond acceptors (Lipinski definition) is 3. The number of nitrogens with two attached hydrogens (primary N) is 1. The van der Waals surface area contributed by atoms with Gasteiger partial charge in [0.2, 0.25) is 0 Å². The van der Waals surface area contributed by atoms with Crippen LogP contribution in [0.15, 0.2) is 90.1 Å². The second-order valence-corrected chi connectivity index (χ2v) is 9.53. The van der Waals surface area contributed by atoms with Gasteiger partial charge in [0.25, 0.3) is 10.0 Å². The van der Waals surface area contributed by atoms with Crippen molar-refractivity contribution in [1.82, 2.24) is 8.54 Å². The fourth-order valence-corrected chi connectivity index (χ4v) is 5.53. The highest BCUT2D eigenvalue weighted by Gasteiger charge is 2.20. The number of nitrogens with zero attached hydrogens (tertiary/aromatic N) is 2. The van der Waals surface area contributed by atoms with Crippen LogP contribution in [0, 0.1) is 6.92 Å². The first-order valence-corrected chi connectivity index (χ1v) is 11.7. The first-order chi connectivity index (χ1) is 15.0. The molecule has 0 aliphatic rings. The maximum atomic E-state index is 13.3. The molecule has 31 heavy (non-hydrogen) atoms. The third kappa shape index (κ3) is 3.15. The average molecular weight is 430 g/mol. The summed E-state index contributed by atoms with van der Waals surface area (Å²) in [7, 11) is -3.69. The van der Waals surface area contributed by atoms with Gasteiger partial charge in [0, 0.05) is 23.2 Å². The van der Waals surface area contributed by atoms with Crippen molar-refractivity contribution in [2.45, 2.75) is 18.2 Å². The molecular weight excluding hydrogens is 406 g/mol. The van der Waals surface area contributed by atoms with E-state index in [1.807, 2.05) is 55.6 Å². The highest BCUT2D eigenvalue weighted by molar-refractivity contribution is 7.90. The van der Waals surface area contributed by atoms with Crippen molar-refractivity contribution in [3.8, 4) is 5.69 Å². The van der Waals surface area contributed by atoms with Crippen molar-refractivity contribution >= 4 is 31.8 Å². The zero-order valence-electron chi connectivity index (χ0n) is 17.2. The van der Waals surface area contributed by atoms with Gasteiger partial charge >= 0.3 is 0 Å². The van der Waals surface area contributed by atoms with Gasteiger partial charge in [-0.05, 0) is 67.9 Å². The maximum absolute atomic E-state index is 13.3. The Labute approximate surface area is 181 Å². The molecule has 5 rings (SSSR count). The molecule has 5 nitrogen and oxygen atoms in total. The monoisotopic (exact) mass is 429 g/mol. The summed E-state index contributed by atoms with van der Waals surface area (Å²) in [4.78, 5) is 0.277. The molecule has 0 bridgehead atoms. The maximum Gasteiger partial charge on any atom is 0.268 e. The van der Waals surface area contributed by atoms with Crippen molar-refractivity contribution in [2.24, 2.45) is 5.73 Å².